The Labute approximate surface area is 120 Å². The number of benzene rings is 1. The summed E-state index contributed by atoms with van der Waals surface area (Å²) in [5.74, 6) is 0.395. The Morgan fingerprint density at radius 1 is 1.14 bits per heavy atom. The first-order chi connectivity index (χ1) is 10.0. The second-order valence-electron chi connectivity index (χ2n) is 4.96. The van der Waals surface area contributed by atoms with E-state index in [0.29, 0.717) is 5.82 Å². The number of fused-ring (bicyclic) bond motifs is 1. The average molecular weight is 293 g/mol. The predicted molar refractivity (Wildman–Crippen MR) is 75.8 cm³/mol. The monoisotopic (exact) mass is 293 g/mol. The standard InChI is InChI=1S/C15H14F3N3/c16-15(17,18)11-3-6-14(20-9-11)21-12-4-5-13-10(8-12)2-1-7-19-13/h3-6,8-9,19H,1-2,7H2,(H,20,21). The van der Waals surface area contributed by atoms with Crippen LogP contribution in [0.1, 0.15) is 17.5 Å². The Bertz CT molecular complexity index is 636. The first-order valence-corrected chi connectivity index (χ1v) is 6.69. The van der Waals surface area contributed by atoms with Gasteiger partial charge in [0.05, 0.1) is 5.56 Å². The lowest BCUT2D eigenvalue weighted by molar-refractivity contribution is -0.137. The summed E-state index contributed by atoms with van der Waals surface area (Å²) < 4.78 is 37.4. The number of anilines is 3. The lowest BCUT2D eigenvalue weighted by Crippen LogP contribution is -2.11. The van der Waals surface area contributed by atoms with Gasteiger partial charge in [-0.1, -0.05) is 0 Å². The highest BCUT2D eigenvalue weighted by Gasteiger charge is 2.30. The van der Waals surface area contributed by atoms with Crippen LogP contribution in [0.15, 0.2) is 36.5 Å². The van der Waals surface area contributed by atoms with Crippen molar-refractivity contribution in [3.63, 3.8) is 0 Å². The Balaban J connectivity index is 1.77. The minimum Gasteiger partial charge on any atom is -0.385 e. The second kappa shape index (κ2) is 5.27. The lowest BCUT2D eigenvalue weighted by atomic mass is 10.0. The molecule has 1 aromatic carbocycles. The summed E-state index contributed by atoms with van der Waals surface area (Å²) in [7, 11) is 0. The zero-order chi connectivity index (χ0) is 14.9. The third-order valence-corrected chi connectivity index (χ3v) is 3.41. The summed E-state index contributed by atoms with van der Waals surface area (Å²) in [6.07, 6.45) is -1.45. The molecule has 0 unspecified atom stereocenters. The van der Waals surface area contributed by atoms with Crippen LogP contribution in [0, 0.1) is 0 Å². The van der Waals surface area contributed by atoms with E-state index in [4.69, 9.17) is 0 Å². The first kappa shape index (κ1) is 13.7. The molecule has 3 rings (SSSR count). The molecule has 1 aliphatic heterocycles. The van der Waals surface area contributed by atoms with Crippen molar-refractivity contribution < 1.29 is 13.2 Å². The van der Waals surface area contributed by atoms with Crippen LogP contribution in [0.25, 0.3) is 0 Å². The molecule has 0 bridgehead atoms. The van der Waals surface area contributed by atoms with Gasteiger partial charge in [0.25, 0.3) is 0 Å². The SMILES string of the molecule is FC(F)(F)c1ccc(Nc2ccc3c(c2)CCCN3)nc1. The molecule has 0 spiro atoms. The molecule has 2 aromatic rings. The molecular weight excluding hydrogens is 279 g/mol. The van der Waals surface area contributed by atoms with Crippen molar-refractivity contribution in [3.8, 4) is 0 Å². The topological polar surface area (TPSA) is 37.0 Å². The van der Waals surface area contributed by atoms with E-state index >= 15 is 0 Å². The molecule has 1 aliphatic rings. The predicted octanol–water partition coefficient (Wildman–Crippen LogP) is 4.20. The fourth-order valence-electron chi connectivity index (χ4n) is 2.34. The summed E-state index contributed by atoms with van der Waals surface area (Å²) in [6, 6.07) is 8.22. The van der Waals surface area contributed by atoms with Gasteiger partial charge in [0.1, 0.15) is 5.82 Å². The van der Waals surface area contributed by atoms with Crippen LogP contribution in [0.2, 0.25) is 0 Å². The minimum atomic E-state index is -4.36. The summed E-state index contributed by atoms with van der Waals surface area (Å²) >= 11 is 0. The normalized spacial score (nSPS) is 14.2. The average Bonchev–Trinajstić information content (AvgIpc) is 2.47. The number of nitrogens with one attached hydrogen (secondary N) is 2. The third-order valence-electron chi connectivity index (χ3n) is 3.41. The number of hydrogen-bond acceptors (Lipinski definition) is 3. The van der Waals surface area contributed by atoms with Crippen LogP contribution >= 0.6 is 0 Å². The van der Waals surface area contributed by atoms with Gasteiger partial charge in [0.2, 0.25) is 0 Å². The number of rotatable bonds is 2. The summed E-state index contributed by atoms with van der Waals surface area (Å²) in [5.41, 5.74) is 2.40. The Kier molecular flexibility index (Phi) is 3.45. The van der Waals surface area contributed by atoms with E-state index in [2.05, 4.69) is 15.6 Å². The van der Waals surface area contributed by atoms with Crippen molar-refractivity contribution in [1.82, 2.24) is 4.98 Å². The Morgan fingerprint density at radius 3 is 2.71 bits per heavy atom. The molecule has 0 atom stereocenters. The largest absolute Gasteiger partial charge is 0.417 e. The number of halogens is 3. The maximum atomic E-state index is 12.5. The lowest BCUT2D eigenvalue weighted by Gasteiger charge is -2.19. The van der Waals surface area contributed by atoms with Gasteiger partial charge in [-0.25, -0.2) is 4.98 Å². The maximum Gasteiger partial charge on any atom is 0.417 e. The Morgan fingerprint density at radius 2 is 2.00 bits per heavy atom. The first-order valence-electron chi connectivity index (χ1n) is 6.69. The third kappa shape index (κ3) is 3.09. The number of alkyl halides is 3. The van der Waals surface area contributed by atoms with Crippen LogP contribution in [0.4, 0.5) is 30.4 Å². The van der Waals surface area contributed by atoms with Crippen molar-refractivity contribution in [2.45, 2.75) is 19.0 Å². The van der Waals surface area contributed by atoms with E-state index in [9.17, 15) is 13.2 Å². The zero-order valence-corrected chi connectivity index (χ0v) is 11.2. The zero-order valence-electron chi connectivity index (χ0n) is 11.2. The highest BCUT2D eigenvalue weighted by molar-refractivity contribution is 5.64. The van der Waals surface area contributed by atoms with Crippen LogP contribution in [0.5, 0.6) is 0 Å². The van der Waals surface area contributed by atoms with Gasteiger partial charge in [-0.2, -0.15) is 13.2 Å². The molecule has 0 radical (unpaired) electrons. The smallest absolute Gasteiger partial charge is 0.385 e. The van der Waals surface area contributed by atoms with E-state index in [1.165, 1.54) is 11.6 Å². The van der Waals surface area contributed by atoms with E-state index in [-0.39, 0.29) is 0 Å². The molecule has 2 heterocycles. The molecule has 6 heteroatoms. The van der Waals surface area contributed by atoms with E-state index in [1.54, 1.807) is 0 Å². The van der Waals surface area contributed by atoms with Gasteiger partial charge in [-0.15, -0.1) is 0 Å². The molecule has 0 saturated carbocycles. The molecule has 3 nitrogen and oxygen atoms in total. The molecule has 0 aliphatic carbocycles. The summed E-state index contributed by atoms with van der Waals surface area (Å²) in [4.78, 5) is 3.81. The summed E-state index contributed by atoms with van der Waals surface area (Å²) in [6.45, 7) is 0.972. The van der Waals surface area contributed by atoms with Crippen molar-refractivity contribution in [2.24, 2.45) is 0 Å². The molecule has 2 N–H and O–H groups in total. The fourth-order valence-corrected chi connectivity index (χ4v) is 2.34. The highest BCUT2D eigenvalue weighted by atomic mass is 19.4. The van der Waals surface area contributed by atoms with Gasteiger partial charge >= 0.3 is 6.18 Å². The second-order valence-corrected chi connectivity index (χ2v) is 4.96. The van der Waals surface area contributed by atoms with Crippen molar-refractivity contribution >= 4 is 17.2 Å². The number of aromatic nitrogens is 1. The number of hydrogen-bond donors (Lipinski definition) is 2. The fraction of sp³-hybridized carbons (Fsp3) is 0.267. The minimum absolute atomic E-state index is 0.395. The van der Waals surface area contributed by atoms with E-state index in [1.807, 2.05) is 18.2 Å². The van der Waals surface area contributed by atoms with E-state index < -0.39 is 11.7 Å². The number of pyridine rings is 1. The maximum absolute atomic E-state index is 12.5. The highest BCUT2D eigenvalue weighted by Crippen LogP contribution is 2.30. The molecule has 0 amide bonds. The molecule has 21 heavy (non-hydrogen) atoms. The number of nitrogens with zero attached hydrogens (tertiary/aromatic N) is 1. The molecular formula is C15H14F3N3. The number of aryl methyl sites for hydroxylation is 1. The van der Waals surface area contributed by atoms with E-state index in [0.717, 1.165) is 43.0 Å². The molecule has 1 aromatic heterocycles. The van der Waals surface area contributed by atoms with Crippen LogP contribution in [0.3, 0.4) is 0 Å². The molecule has 110 valence electrons. The van der Waals surface area contributed by atoms with Gasteiger partial charge < -0.3 is 10.6 Å². The van der Waals surface area contributed by atoms with Crippen molar-refractivity contribution in [1.29, 1.82) is 0 Å². The van der Waals surface area contributed by atoms with Crippen LogP contribution in [-0.4, -0.2) is 11.5 Å². The van der Waals surface area contributed by atoms with Crippen molar-refractivity contribution in [3.05, 3.63) is 47.7 Å². The van der Waals surface area contributed by atoms with Crippen molar-refractivity contribution in [2.75, 3.05) is 17.2 Å². The summed E-state index contributed by atoms with van der Waals surface area (Å²) in [5, 5.41) is 6.34. The van der Waals surface area contributed by atoms with Gasteiger partial charge in [0.15, 0.2) is 0 Å². The van der Waals surface area contributed by atoms with Gasteiger partial charge in [-0.05, 0) is 48.7 Å². The van der Waals surface area contributed by atoms with Crippen LogP contribution < -0.4 is 10.6 Å². The molecule has 0 fully saturated rings. The molecule has 0 saturated heterocycles. The quantitative estimate of drug-likeness (QED) is 0.871. The van der Waals surface area contributed by atoms with Crippen LogP contribution in [-0.2, 0) is 12.6 Å². The van der Waals surface area contributed by atoms with Gasteiger partial charge in [0, 0.05) is 24.1 Å². The Hall–Kier alpha value is -2.24. The van der Waals surface area contributed by atoms with Gasteiger partial charge in [-0.3, -0.25) is 0 Å².